The molecule has 0 radical (unpaired) electrons. The van der Waals surface area contributed by atoms with Crippen LogP contribution in [-0.4, -0.2) is 52.4 Å². The molecular formula is C16H22O8S. The van der Waals surface area contributed by atoms with Crippen LogP contribution >= 0.6 is 0 Å². The van der Waals surface area contributed by atoms with Gasteiger partial charge in [-0.2, -0.15) is 0 Å². The van der Waals surface area contributed by atoms with Crippen LogP contribution in [0.5, 0.6) is 0 Å². The molecule has 0 N–H and O–H groups in total. The van der Waals surface area contributed by atoms with E-state index < -0.39 is 28.3 Å². The van der Waals surface area contributed by atoms with Gasteiger partial charge in [-0.25, -0.2) is 18.0 Å². The molecule has 0 aliphatic carbocycles. The van der Waals surface area contributed by atoms with Crippen LogP contribution in [0.1, 0.15) is 20.3 Å². The van der Waals surface area contributed by atoms with E-state index in [-0.39, 0.29) is 36.9 Å². The van der Waals surface area contributed by atoms with Gasteiger partial charge >= 0.3 is 12.3 Å². The van der Waals surface area contributed by atoms with Crippen LogP contribution in [0.4, 0.5) is 9.59 Å². The fourth-order valence-corrected chi connectivity index (χ4v) is 3.20. The van der Waals surface area contributed by atoms with Gasteiger partial charge in [-0.3, -0.25) is 0 Å². The first kappa shape index (κ1) is 20.8. The second-order valence-electron chi connectivity index (χ2n) is 4.84. The van der Waals surface area contributed by atoms with Crippen LogP contribution in [0, 0.1) is 0 Å². The SMILES string of the molecule is CCOC(=O)OC[C@@H](CCS(=O)(=O)c1ccccc1)OC(=O)OCC. The fraction of sp³-hybridized carbons (Fsp3) is 0.500. The molecule has 1 aromatic rings. The third-order valence-corrected chi connectivity index (χ3v) is 4.75. The number of rotatable bonds is 9. The molecule has 0 unspecified atom stereocenters. The number of carbonyl (C=O) groups excluding carboxylic acids is 2. The lowest BCUT2D eigenvalue weighted by Crippen LogP contribution is -2.28. The molecule has 25 heavy (non-hydrogen) atoms. The van der Waals surface area contributed by atoms with Crippen molar-refractivity contribution in [2.24, 2.45) is 0 Å². The van der Waals surface area contributed by atoms with Gasteiger partial charge in [0.05, 0.1) is 23.9 Å². The Kier molecular flexibility index (Phi) is 8.76. The first-order chi connectivity index (χ1) is 11.9. The van der Waals surface area contributed by atoms with Gasteiger partial charge < -0.3 is 18.9 Å². The zero-order valence-corrected chi connectivity index (χ0v) is 15.0. The zero-order chi connectivity index (χ0) is 18.7. The minimum absolute atomic E-state index is 0.0601. The molecule has 0 aliphatic rings. The Morgan fingerprint density at radius 3 is 2.16 bits per heavy atom. The van der Waals surface area contributed by atoms with E-state index in [2.05, 4.69) is 9.47 Å². The average Bonchev–Trinajstić information content (AvgIpc) is 2.58. The molecule has 1 aromatic carbocycles. The summed E-state index contributed by atoms with van der Waals surface area (Å²) in [6.07, 6.45) is -2.92. The zero-order valence-electron chi connectivity index (χ0n) is 14.2. The Balaban J connectivity index is 2.68. The number of hydrogen-bond acceptors (Lipinski definition) is 8. The van der Waals surface area contributed by atoms with Crippen molar-refractivity contribution < 1.29 is 37.0 Å². The first-order valence-corrected chi connectivity index (χ1v) is 9.45. The van der Waals surface area contributed by atoms with E-state index in [0.29, 0.717) is 0 Å². The molecule has 0 saturated carbocycles. The van der Waals surface area contributed by atoms with Crippen LogP contribution in [0.15, 0.2) is 35.2 Å². The fourth-order valence-electron chi connectivity index (χ4n) is 1.82. The van der Waals surface area contributed by atoms with Gasteiger partial charge in [0.25, 0.3) is 0 Å². The maximum atomic E-state index is 12.3. The largest absolute Gasteiger partial charge is 0.508 e. The maximum absolute atomic E-state index is 12.3. The Hall–Kier alpha value is -2.29. The van der Waals surface area contributed by atoms with Gasteiger partial charge in [0.2, 0.25) is 0 Å². The van der Waals surface area contributed by atoms with Crippen molar-refractivity contribution in [3.63, 3.8) is 0 Å². The van der Waals surface area contributed by atoms with E-state index in [4.69, 9.17) is 9.47 Å². The second kappa shape index (κ2) is 10.5. The number of hydrogen-bond donors (Lipinski definition) is 0. The summed E-state index contributed by atoms with van der Waals surface area (Å²) in [5, 5.41) is 0. The molecule has 140 valence electrons. The maximum Gasteiger partial charge on any atom is 0.508 e. The Labute approximate surface area is 146 Å². The van der Waals surface area contributed by atoms with E-state index in [9.17, 15) is 18.0 Å². The Morgan fingerprint density at radius 2 is 1.56 bits per heavy atom. The molecule has 1 rings (SSSR count). The summed E-state index contributed by atoms with van der Waals surface area (Å²) >= 11 is 0. The molecule has 0 spiro atoms. The van der Waals surface area contributed by atoms with Crippen LogP contribution in [0.3, 0.4) is 0 Å². The average molecular weight is 374 g/mol. The highest BCUT2D eigenvalue weighted by Gasteiger charge is 2.22. The lowest BCUT2D eigenvalue weighted by molar-refractivity contribution is -0.0153. The molecule has 8 nitrogen and oxygen atoms in total. The molecule has 0 fully saturated rings. The van der Waals surface area contributed by atoms with Gasteiger partial charge in [0, 0.05) is 6.42 Å². The van der Waals surface area contributed by atoms with E-state index >= 15 is 0 Å². The lowest BCUT2D eigenvalue weighted by Gasteiger charge is -2.17. The van der Waals surface area contributed by atoms with Crippen molar-refractivity contribution in [3.8, 4) is 0 Å². The van der Waals surface area contributed by atoms with E-state index in [1.54, 1.807) is 32.0 Å². The molecule has 9 heteroatoms. The standard InChI is InChI=1S/C16H22O8S/c1-3-21-15(17)23-12-13(24-16(18)22-4-2)10-11-25(19,20)14-8-6-5-7-9-14/h5-9,13H,3-4,10-12H2,1-2H3/t13-/m1/s1. The van der Waals surface area contributed by atoms with Gasteiger partial charge in [-0.1, -0.05) is 18.2 Å². The third-order valence-electron chi connectivity index (χ3n) is 2.99. The number of carbonyl (C=O) groups is 2. The van der Waals surface area contributed by atoms with Crippen LogP contribution in [-0.2, 0) is 28.8 Å². The summed E-state index contributed by atoms with van der Waals surface area (Å²) in [5.41, 5.74) is 0. The summed E-state index contributed by atoms with van der Waals surface area (Å²) in [7, 11) is -3.56. The molecule has 0 bridgehead atoms. The Bertz CT molecular complexity index is 641. The third kappa shape index (κ3) is 7.88. The first-order valence-electron chi connectivity index (χ1n) is 7.79. The van der Waals surface area contributed by atoms with E-state index in [0.717, 1.165) is 0 Å². The van der Waals surface area contributed by atoms with Gasteiger partial charge in [0.1, 0.15) is 12.7 Å². The predicted molar refractivity (Wildman–Crippen MR) is 88.0 cm³/mol. The van der Waals surface area contributed by atoms with Crippen molar-refractivity contribution in [3.05, 3.63) is 30.3 Å². The van der Waals surface area contributed by atoms with Crippen molar-refractivity contribution >= 4 is 22.1 Å². The van der Waals surface area contributed by atoms with Crippen molar-refractivity contribution in [1.29, 1.82) is 0 Å². The minimum Gasteiger partial charge on any atom is -0.435 e. The molecular weight excluding hydrogens is 352 g/mol. The predicted octanol–water partition coefficient (Wildman–Crippen LogP) is 2.57. The van der Waals surface area contributed by atoms with Gasteiger partial charge in [0.15, 0.2) is 9.84 Å². The van der Waals surface area contributed by atoms with Crippen molar-refractivity contribution in [2.45, 2.75) is 31.3 Å². The summed E-state index contributed by atoms with van der Waals surface area (Å²) in [6.45, 7) is 3.12. The molecule has 0 saturated heterocycles. The van der Waals surface area contributed by atoms with Crippen LogP contribution in [0.25, 0.3) is 0 Å². The van der Waals surface area contributed by atoms with Crippen LogP contribution in [0.2, 0.25) is 0 Å². The number of benzene rings is 1. The second-order valence-corrected chi connectivity index (χ2v) is 6.95. The molecule has 0 heterocycles. The normalized spacial score (nSPS) is 12.1. The number of sulfone groups is 1. The van der Waals surface area contributed by atoms with Crippen molar-refractivity contribution in [1.82, 2.24) is 0 Å². The number of ether oxygens (including phenoxy) is 4. The monoisotopic (exact) mass is 374 g/mol. The lowest BCUT2D eigenvalue weighted by atomic mass is 10.3. The molecule has 0 aliphatic heterocycles. The highest BCUT2D eigenvalue weighted by atomic mass is 32.2. The van der Waals surface area contributed by atoms with E-state index in [1.165, 1.54) is 12.1 Å². The molecule has 0 aromatic heterocycles. The summed E-state index contributed by atoms with van der Waals surface area (Å²) < 4.78 is 43.6. The van der Waals surface area contributed by atoms with Crippen molar-refractivity contribution in [2.75, 3.05) is 25.6 Å². The molecule has 0 amide bonds. The quantitative estimate of drug-likeness (QED) is 0.607. The smallest absolute Gasteiger partial charge is 0.435 e. The summed E-state index contributed by atoms with van der Waals surface area (Å²) in [4.78, 5) is 22.9. The Morgan fingerprint density at radius 1 is 0.960 bits per heavy atom. The summed E-state index contributed by atoms with van der Waals surface area (Å²) in [6, 6.07) is 7.89. The summed E-state index contributed by atoms with van der Waals surface area (Å²) in [5.74, 6) is -0.284. The highest BCUT2D eigenvalue weighted by molar-refractivity contribution is 7.91. The molecule has 1 atom stereocenters. The minimum atomic E-state index is -3.56. The van der Waals surface area contributed by atoms with Crippen LogP contribution < -0.4 is 0 Å². The highest BCUT2D eigenvalue weighted by Crippen LogP contribution is 2.14. The van der Waals surface area contributed by atoms with Gasteiger partial charge in [-0.15, -0.1) is 0 Å². The van der Waals surface area contributed by atoms with Gasteiger partial charge in [-0.05, 0) is 26.0 Å². The van der Waals surface area contributed by atoms with E-state index in [1.807, 2.05) is 0 Å². The topological polar surface area (TPSA) is 105 Å².